The van der Waals surface area contributed by atoms with Crippen LogP contribution in [-0.4, -0.2) is 6.54 Å². The molecule has 0 spiro atoms. The topological polar surface area (TPSA) is 12.0 Å². The molecule has 0 radical (unpaired) electrons. The lowest BCUT2D eigenvalue weighted by atomic mass is 9.79. The van der Waals surface area contributed by atoms with Gasteiger partial charge in [-0.2, -0.15) is 0 Å². The molecule has 1 aliphatic carbocycles. The predicted molar refractivity (Wildman–Crippen MR) is 90.6 cm³/mol. The zero-order valence-electron chi connectivity index (χ0n) is 13.2. The molecule has 0 aromatic heterocycles. The molecule has 2 aromatic carbocycles. The molecule has 0 atom stereocenters. The fourth-order valence-electron chi connectivity index (χ4n) is 3.06. The van der Waals surface area contributed by atoms with Gasteiger partial charge in [-0.25, -0.2) is 0 Å². The summed E-state index contributed by atoms with van der Waals surface area (Å²) in [5.41, 5.74) is 7.00. The number of hydrogen-bond donors (Lipinski definition) is 1. The molecule has 0 aliphatic heterocycles. The van der Waals surface area contributed by atoms with E-state index in [9.17, 15) is 0 Å². The van der Waals surface area contributed by atoms with Gasteiger partial charge in [0.2, 0.25) is 0 Å². The van der Waals surface area contributed by atoms with Crippen molar-refractivity contribution < 1.29 is 0 Å². The molecule has 0 saturated heterocycles. The van der Waals surface area contributed by atoms with Crippen LogP contribution in [0.5, 0.6) is 0 Å². The van der Waals surface area contributed by atoms with Gasteiger partial charge in [-0.05, 0) is 66.1 Å². The number of benzene rings is 2. The second-order valence-corrected chi connectivity index (χ2v) is 6.18. The van der Waals surface area contributed by atoms with E-state index in [2.05, 4.69) is 61.6 Å². The standard InChI is InChI=1S/C20H25N/c1-3-21-14-16-11-10-15(2)20(12-16)19-9-5-8-18(13-19)17-6-4-7-17/h5,8-13,17,21H,3-4,6-7,14H2,1-2H3. The fraction of sp³-hybridized carbons (Fsp3) is 0.400. The molecule has 110 valence electrons. The summed E-state index contributed by atoms with van der Waals surface area (Å²) in [7, 11) is 0. The van der Waals surface area contributed by atoms with Gasteiger partial charge in [0.1, 0.15) is 0 Å². The van der Waals surface area contributed by atoms with Crippen LogP contribution in [-0.2, 0) is 6.54 Å². The lowest BCUT2D eigenvalue weighted by Crippen LogP contribution is -2.11. The summed E-state index contributed by atoms with van der Waals surface area (Å²) in [6.45, 7) is 6.33. The number of aryl methyl sites for hydroxylation is 1. The highest BCUT2D eigenvalue weighted by atomic mass is 14.8. The average molecular weight is 279 g/mol. The van der Waals surface area contributed by atoms with Gasteiger partial charge in [0, 0.05) is 6.54 Å². The number of rotatable bonds is 5. The molecule has 1 nitrogen and oxygen atoms in total. The van der Waals surface area contributed by atoms with E-state index in [-0.39, 0.29) is 0 Å². The van der Waals surface area contributed by atoms with E-state index >= 15 is 0 Å². The van der Waals surface area contributed by atoms with E-state index in [0.717, 1.165) is 19.0 Å². The first-order valence-electron chi connectivity index (χ1n) is 8.18. The lowest BCUT2D eigenvalue weighted by Gasteiger charge is -2.26. The van der Waals surface area contributed by atoms with Crippen LogP contribution < -0.4 is 5.32 Å². The van der Waals surface area contributed by atoms with Crippen LogP contribution in [0.2, 0.25) is 0 Å². The number of hydrogen-bond acceptors (Lipinski definition) is 1. The Balaban J connectivity index is 1.91. The van der Waals surface area contributed by atoms with Crippen molar-refractivity contribution >= 4 is 0 Å². The van der Waals surface area contributed by atoms with Gasteiger partial charge in [-0.15, -0.1) is 0 Å². The molecule has 1 saturated carbocycles. The zero-order chi connectivity index (χ0) is 14.7. The van der Waals surface area contributed by atoms with Crippen molar-refractivity contribution in [2.24, 2.45) is 0 Å². The molecule has 0 amide bonds. The van der Waals surface area contributed by atoms with Crippen LogP contribution in [0.15, 0.2) is 42.5 Å². The molecular weight excluding hydrogens is 254 g/mol. The van der Waals surface area contributed by atoms with Crippen molar-refractivity contribution in [3.8, 4) is 11.1 Å². The van der Waals surface area contributed by atoms with Gasteiger partial charge >= 0.3 is 0 Å². The minimum atomic E-state index is 0.801. The Morgan fingerprint density at radius 2 is 1.95 bits per heavy atom. The van der Waals surface area contributed by atoms with Crippen molar-refractivity contribution in [1.29, 1.82) is 0 Å². The maximum absolute atomic E-state index is 3.41. The second-order valence-electron chi connectivity index (χ2n) is 6.18. The average Bonchev–Trinajstić information content (AvgIpc) is 2.45. The third-order valence-corrected chi connectivity index (χ3v) is 4.66. The molecule has 0 heterocycles. The minimum absolute atomic E-state index is 0.801. The predicted octanol–water partition coefficient (Wildman–Crippen LogP) is 5.04. The van der Waals surface area contributed by atoms with E-state index < -0.39 is 0 Å². The Labute approximate surface area is 128 Å². The Morgan fingerprint density at radius 3 is 2.67 bits per heavy atom. The molecule has 21 heavy (non-hydrogen) atoms. The molecule has 1 aliphatic rings. The first-order valence-corrected chi connectivity index (χ1v) is 8.18. The summed E-state index contributed by atoms with van der Waals surface area (Å²) >= 11 is 0. The van der Waals surface area contributed by atoms with E-state index in [4.69, 9.17) is 0 Å². The molecule has 1 heteroatoms. The summed E-state index contributed by atoms with van der Waals surface area (Å²) in [5, 5.41) is 3.41. The third kappa shape index (κ3) is 3.19. The first-order chi connectivity index (χ1) is 10.3. The Morgan fingerprint density at radius 1 is 1.10 bits per heavy atom. The normalized spacial score (nSPS) is 15.0. The van der Waals surface area contributed by atoms with Crippen molar-refractivity contribution in [2.75, 3.05) is 6.54 Å². The molecule has 2 aromatic rings. The monoisotopic (exact) mass is 279 g/mol. The SMILES string of the molecule is CCNCc1ccc(C)c(-c2cccc(C3CCC3)c2)c1. The van der Waals surface area contributed by atoms with Gasteiger partial charge in [-0.3, -0.25) is 0 Å². The van der Waals surface area contributed by atoms with Crippen LogP contribution >= 0.6 is 0 Å². The maximum Gasteiger partial charge on any atom is 0.0205 e. The second kappa shape index (κ2) is 6.44. The minimum Gasteiger partial charge on any atom is -0.313 e. The van der Waals surface area contributed by atoms with Gasteiger partial charge in [-0.1, -0.05) is 49.7 Å². The van der Waals surface area contributed by atoms with E-state index in [1.165, 1.54) is 47.1 Å². The van der Waals surface area contributed by atoms with Crippen LogP contribution in [0.4, 0.5) is 0 Å². The van der Waals surface area contributed by atoms with E-state index in [1.807, 2.05) is 0 Å². The highest BCUT2D eigenvalue weighted by Crippen LogP contribution is 2.38. The first kappa shape index (κ1) is 14.3. The molecule has 0 bridgehead atoms. The van der Waals surface area contributed by atoms with Crippen LogP contribution in [0, 0.1) is 6.92 Å². The summed E-state index contributed by atoms with van der Waals surface area (Å²) in [6, 6.07) is 16.0. The van der Waals surface area contributed by atoms with Crippen molar-refractivity contribution in [2.45, 2.75) is 45.6 Å². The largest absolute Gasteiger partial charge is 0.313 e. The molecule has 0 unspecified atom stereocenters. The molecule has 1 fully saturated rings. The van der Waals surface area contributed by atoms with Crippen LogP contribution in [0.3, 0.4) is 0 Å². The van der Waals surface area contributed by atoms with Crippen LogP contribution in [0.25, 0.3) is 11.1 Å². The smallest absolute Gasteiger partial charge is 0.0205 e. The highest BCUT2D eigenvalue weighted by molar-refractivity contribution is 5.68. The summed E-state index contributed by atoms with van der Waals surface area (Å²) < 4.78 is 0. The van der Waals surface area contributed by atoms with E-state index in [1.54, 1.807) is 0 Å². The highest BCUT2D eigenvalue weighted by Gasteiger charge is 2.19. The van der Waals surface area contributed by atoms with Gasteiger partial charge in [0.25, 0.3) is 0 Å². The quantitative estimate of drug-likeness (QED) is 0.808. The summed E-state index contributed by atoms with van der Waals surface area (Å²) in [5.74, 6) is 0.801. The molecule has 3 rings (SSSR count). The Kier molecular flexibility index (Phi) is 4.40. The number of nitrogens with one attached hydrogen (secondary N) is 1. The Hall–Kier alpha value is -1.60. The molecular formula is C20H25N. The van der Waals surface area contributed by atoms with Crippen molar-refractivity contribution in [1.82, 2.24) is 5.32 Å². The van der Waals surface area contributed by atoms with Gasteiger partial charge < -0.3 is 5.32 Å². The third-order valence-electron chi connectivity index (χ3n) is 4.66. The summed E-state index contributed by atoms with van der Waals surface area (Å²) in [4.78, 5) is 0. The van der Waals surface area contributed by atoms with Gasteiger partial charge in [0.05, 0.1) is 0 Å². The maximum atomic E-state index is 3.41. The Bertz CT molecular complexity index is 611. The van der Waals surface area contributed by atoms with Crippen molar-refractivity contribution in [3.63, 3.8) is 0 Å². The van der Waals surface area contributed by atoms with E-state index in [0.29, 0.717) is 0 Å². The fourth-order valence-corrected chi connectivity index (χ4v) is 3.06. The van der Waals surface area contributed by atoms with Crippen molar-refractivity contribution in [3.05, 3.63) is 59.2 Å². The summed E-state index contributed by atoms with van der Waals surface area (Å²) in [6.07, 6.45) is 4.12. The zero-order valence-corrected chi connectivity index (χ0v) is 13.2. The van der Waals surface area contributed by atoms with Gasteiger partial charge in [0.15, 0.2) is 0 Å². The molecule has 1 N–H and O–H groups in total. The lowest BCUT2D eigenvalue weighted by molar-refractivity contribution is 0.420. The van der Waals surface area contributed by atoms with Crippen LogP contribution in [0.1, 0.15) is 48.8 Å².